The van der Waals surface area contributed by atoms with Crippen LogP contribution in [0.5, 0.6) is 0 Å². The third-order valence-electron chi connectivity index (χ3n) is 1.96. The SMILES string of the molecule is S=c1ccnn[nH]1.SCCCCC1CN1. The molecular formula is C9H16N4S2. The Morgan fingerprint density at radius 1 is 1.53 bits per heavy atom. The molecule has 0 spiro atoms. The number of rotatable bonds is 4. The quantitative estimate of drug-likeness (QED) is 0.326. The lowest BCUT2D eigenvalue weighted by Crippen LogP contribution is -1.89. The van der Waals surface area contributed by atoms with Gasteiger partial charge in [0.05, 0.1) is 6.20 Å². The highest BCUT2D eigenvalue weighted by molar-refractivity contribution is 7.80. The van der Waals surface area contributed by atoms with E-state index in [1.54, 1.807) is 12.3 Å². The summed E-state index contributed by atoms with van der Waals surface area (Å²) in [6.07, 6.45) is 5.53. The first kappa shape index (κ1) is 12.6. The highest BCUT2D eigenvalue weighted by atomic mass is 32.1. The molecule has 6 heteroatoms. The van der Waals surface area contributed by atoms with Crippen molar-refractivity contribution in [1.82, 2.24) is 20.7 Å². The summed E-state index contributed by atoms with van der Waals surface area (Å²) < 4.78 is 0.606. The summed E-state index contributed by atoms with van der Waals surface area (Å²) in [6, 6.07) is 2.54. The van der Waals surface area contributed by atoms with E-state index >= 15 is 0 Å². The van der Waals surface area contributed by atoms with Crippen LogP contribution in [0, 0.1) is 4.64 Å². The topological polar surface area (TPSA) is 63.5 Å². The molecule has 1 aromatic heterocycles. The maximum Gasteiger partial charge on any atom is 0.122 e. The van der Waals surface area contributed by atoms with Gasteiger partial charge in [-0.25, -0.2) is 5.10 Å². The van der Waals surface area contributed by atoms with Crippen LogP contribution in [0.3, 0.4) is 0 Å². The Labute approximate surface area is 100 Å². The van der Waals surface area contributed by atoms with Gasteiger partial charge >= 0.3 is 0 Å². The van der Waals surface area contributed by atoms with Gasteiger partial charge in [0, 0.05) is 12.6 Å². The summed E-state index contributed by atoms with van der Waals surface area (Å²) in [5, 5.41) is 12.6. The van der Waals surface area contributed by atoms with Crippen LogP contribution in [0.15, 0.2) is 12.3 Å². The van der Waals surface area contributed by atoms with Gasteiger partial charge in [0.15, 0.2) is 0 Å². The average molecular weight is 244 g/mol. The second-order valence-corrected chi connectivity index (χ2v) is 4.22. The molecule has 2 heterocycles. The van der Waals surface area contributed by atoms with Crippen LogP contribution in [0.2, 0.25) is 0 Å². The molecule has 0 bridgehead atoms. The Morgan fingerprint density at radius 2 is 2.33 bits per heavy atom. The zero-order chi connectivity index (χ0) is 10.9. The molecule has 2 N–H and O–H groups in total. The van der Waals surface area contributed by atoms with Gasteiger partial charge in [0.2, 0.25) is 0 Å². The number of nitrogens with zero attached hydrogens (tertiary/aromatic N) is 2. The monoisotopic (exact) mass is 244 g/mol. The number of aromatic amines is 1. The van der Waals surface area contributed by atoms with Gasteiger partial charge in [-0.1, -0.05) is 23.9 Å². The van der Waals surface area contributed by atoms with Gasteiger partial charge in [-0.3, -0.25) is 0 Å². The highest BCUT2D eigenvalue weighted by Crippen LogP contribution is 2.07. The predicted molar refractivity (Wildman–Crippen MR) is 66.7 cm³/mol. The molecule has 0 aliphatic carbocycles. The molecule has 1 saturated heterocycles. The Kier molecular flexibility index (Phi) is 6.54. The zero-order valence-corrected chi connectivity index (χ0v) is 10.2. The van der Waals surface area contributed by atoms with Crippen LogP contribution in [0.25, 0.3) is 0 Å². The molecule has 1 aliphatic rings. The summed E-state index contributed by atoms with van der Waals surface area (Å²) in [5.74, 6) is 1.05. The van der Waals surface area contributed by atoms with Crippen LogP contribution in [-0.4, -0.2) is 33.8 Å². The molecule has 1 unspecified atom stereocenters. The van der Waals surface area contributed by atoms with Crippen molar-refractivity contribution in [1.29, 1.82) is 0 Å². The molecule has 0 aromatic carbocycles. The number of hydrogen-bond donors (Lipinski definition) is 3. The molecule has 1 aliphatic heterocycles. The first-order valence-electron chi connectivity index (χ1n) is 5.03. The smallest absolute Gasteiger partial charge is 0.122 e. The van der Waals surface area contributed by atoms with E-state index in [2.05, 4.69) is 45.6 Å². The van der Waals surface area contributed by atoms with E-state index in [-0.39, 0.29) is 0 Å². The van der Waals surface area contributed by atoms with E-state index in [9.17, 15) is 0 Å². The van der Waals surface area contributed by atoms with E-state index in [0.29, 0.717) is 4.64 Å². The number of hydrogen-bond acceptors (Lipinski definition) is 5. The zero-order valence-electron chi connectivity index (χ0n) is 8.52. The second kappa shape index (κ2) is 7.78. The first-order valence-corrected chi connectivity index (χ1v) is 6.07. The van der Waals surface area contributed by atoms with E-state index in [1.807, 2.05) is 0 Å². The van der Waals surface area contributed by atoms with Gasteiger partial charge in [-0.05, 0) is 24.7 Å². The summed E-state index contributed by atoms with van der Waals surface area (Å²) in [6.45, 7) is 1.26. The minimum absolute atomic E-state index is 0.606. The van der Waals surface area contributed by atoms with Gasteiger partial charge in [0.25, 0.3) is 0 Å². The highest BCUT2D eigenvalue weighted by Gasteiger charge is 2.17. The standard InChI is InChI=1S/C6H13NS.C3H3N3S/c8-4-2-1-3-6-5-7-6;7-3-1-2-4-6-5-3/h6-8H,1-5H2;1-2H,(H,4,5,7). The molecule has 1 fully saturated rings. The van der Waals surface area contributed by atoms with Gasteiger partial charge in [0.1, 0.15) is 4.64 Å². The van der Waals surface area contributed by atoms with Crippen LogP contribution in [-0.2, 0) is 0 Å². The van der Waals surface area contributed by atoms with Crippen molar-refractivity contribution in [2.45, 2.75) is 25.3 Å². The summed E-state index contributed by atoms with van der Waals surface area (Å²) >= 11 is 8.78. The fraction of sp³-hybridized carbons (Fsp3) is 0.667. The summed E-state index contributed by atoms with van der Waals surface area (Å²) in [4.78, 5) is 0. The third kappa shape index (κ3) is 7.47. The third-order valence-corrected chi connectivity index (χ3v) is 2.51. The lowest BCUT2D eigenvalue weighted by atomic mass is 10.2. The summed E-state index contributed by atoms with van der Waals surface area (Å²) in [5.41, 5.74) is 0. The maximum atomic E-state index is 4.65. The van der Waals surface area contributed by atoms with Crippen LogP contribution in [0.4, 0.5) is 0 Å². The molecule has 15 heavy (non-hydrogen) atoms. The van der Waals surface area contributed by atoms with Crippen molar-refractivity contribution in [3.8, 4) is 0 Å². The molecule has 0 saturated carbocycles. The average Bonchev–Trinajstić information content (AvgIpc) is 3.04. The Hall–Kier alpha value is -0.460. The van der Waals surface area contributed by atoms with Crippen molar-refractivity contribution in [3.05, 3.63) is 16.9 Å². The predicted octanol–water partition coefficient (Wildman–Crippen LogP) is 1.59. The molecule has 84 valence electrons. The molecule has 4 nitrogen and oxygen atoms in total. The fourth-order valence-corrected chi connectivity index (χ4v) is 1.37. The van der Waals surface area contributed by atoms with Crippen molar-refractivity contribution < 1.29 is 0 Å². The van der Waals surface area contributed by atoms with Gasteiger partial charge in [-0.2, -0.15) is 12.6 Å². The van der Waals surface area contributed by atoms with Gasteiger partial charge in [-0.15, -0.1) is 5.10 Å². The van der Waals surface area contributed by atoms with Crippen LogP contribution < -0.4 is 5.32 Å². The van der Waals surface area contributed by atoms with Crippen LogP contribution >= 0.6 is 24.8 Å². The molecular weight excluding hydrogens is 228 g/mol. The number of unbranched alkanes of at least 4 members (excludes halogenated alkanes) is 1. The van der Waals surface area contributed by atoms with Gasteiger partial charge < -0.3 is 5.32 Å². The largest absolute Gasteiger partial charge is 0.311 e. The lowest BCUT2D eigenvalue weighted by molar-refractivity contribution is 0.712. The van der Waals surface area contributed by atoms with Crippen molar-refractivity contribution in [2.75, 3.05) is 12.3 Å². The Morgan fingerprint density at radius 3 is 2.73 bits per heavy atom. The Balaban J connectivity index is 0.000000151. The molecule has 0 radical (unpaired) electrons. The van der Waals surface area contributed by atoms with Crippen molar-refractivity contribution >= 4 is 24.8 Å². The van der Waals surface area contributed by atoms with E-state index in [0.717, 1.165) is 11.8 Å². The molecule has 0 amide bonds. The fourth-order valence-electron chi connectivity index (χ4n) is 1.04. The Bertz CT molecular complexity index is 293. The van der Waals surface area contributed by atoms with E-state index < -0.39 is 0 Å². The summed E-state index contributed by atoms with van der Waals surface area (Å²) in [7, 11) is 0. The number of nitrogens with one attached hydrogen (secondary N) is 2. The van der Waals surface area contributed by atoms with E-state index in [4.69, 9.17) is 0 Å². The number of thiol groups is 1. The van der Waals surface area contributed by atoms with Crippen LogP contribution in [0.1, 0.15) is 19.3 Å². The minimum Gasteiger partial charge on any atom is -0.311 e. The number of H-pyrrole nitrogens is 1. The first-order chi connectivity index (χ1) is 7.33. The second-order valence-electron chi connectivity index (χ2n) is 3.33. The normalized spacial score (nSPS) is 17.8. The lowest BCUT2D eigenvalue weighted by Gasteiger charge is -1.91. The minimum atomic E-state index is 0.606. The molecule has 1 atom stereocenters. The number of aromatic nitrogens is 3. The molecule has 1 aromatic rings. The van der Waals surface area contributed by atoms with Crippen molar-refractivity contribution in [3.63, 3.8) is 0 Å². The van der Waals surface area contributed by atoms with Crippen molar-refractivity contribution in [2.24, 2.45) is 0 Å². The van der Waals surface area contributed by atoms with E-state index in [1.165, 1.54) is 25.8 Å². The maximum absolute atomic E-state index is 4.65. The molecule has 2 rings (SSSR count).